The average Bonchev–Trinajstić information content (AvgIpc) is 2.39. The molecule has 0 heterocycles. The Morgan fingerprint density at radius 3 is 2.80 bits per heavy atom. The van der Waals surface area contributed by atoms with Crippen LogP contribution in [0.5, 0.6) is 0 Å². The molecule has 0 radical (unpaired) electrons. The second kappa shape index (κ2) is 10.2. The molecule has 1 aromatic carbocycles. The summed E-state index contributed by atoms with van der Waals surface area (Å²) in [6.45, 7) is 4.15. The van der Waals surface area contributed by atoms with Gasteiger partial charge in [0.05, 0.1) is 6.54 Å². The maximum Gasteiger partial charge on any atom is 0.243 e. The summed E-state index contributed by atoms with van der Waals surface area (Å²) in [5.74, 6) is -0.185. The monoisotopic (exact) mass is 392 g/mol. The molecule has 20 heavy (non-hydrogen) atoms. The van der Waals surface area contributed by atoms with E-state index >= 15 is 0 Å². The molecule has 0 aliphatic rings. The van der Waals surface area contributed by atoms with E-state index in [1.165, 1.54) is 18.2 Å². The number of rotatable bonds is 5. The van der Waals surface area contributed by atoms with Gasteiger partial charge in [-0.1, -0.05) is 12.1 Å². The smallest absolute Gasteiger partial charge is 0.243 e. The fourth-order valence-electron chi connectivity index (χ4n) is 1.32. The van der Waals surface area contributed by atoms with Crippen LogP contribution in [0.25, 0.3) is 0 Å². The Morgan fingerprint density at radius 1 is 1.45 bits per heavy atom. The molecule has 1 aromatic rings. The van der Waals surface area contributed by atoms with Crippen molar-refractivity contribution in [2.45, 2.75) is 0 Å². The molecule has 1 amide bonds. The minimum Gasteiger partial charge on any atom is -0.353 e. The summed E-state index contributed by atoms with van der Waals surface area (Å²) in [5, 5.41) is 8.33. The molecule has 0 saturated carbocycles. The summed E-state index contributed by atoms with van der Waals surface area (Å²) in [7, 11) is 1.60. The van der Waals surface area contributed by atoms with Crippen LogP contribution in [-0.4, -0.2) is 32.0 Å². The van der Waals surface area contributed by atoms with E-state index in [-0.39, 0.29) is 36.4 Å². The van der Waals surface area contributed by atoms with Crippen molar-refractivity contribution >= 4 is 41.5 Å². The summed E-state index contributed by atoms with van der Waals surface area (Å²) >= 11 is 0. The van der Waals surface area contributed by atoms with Crippen molar-refractivity contribution in [1.29, 1.82) is 0 Å². The molecule has 0 saturated heterocycles. The van der Waals surface area contributed by atoms with Crippen LogP contribution in [0.2, 0.25) is 0 Å². The van der Waals surface area contributed by atoms with Gasteiger partial charge in [-0.05, 0) is 18.2 Å². The van der Waals surface area contributed by atoms with Crippen LogP contribution in [0.3, 0.4) is 0 Å². The van der Waals surface area contributed by atoms with Crippen LogP contribution in [0.15, 0.2) is 41.9 Å². The Morgan fingerprint density at radius 2 is 2.20 bits per heavy atom. The van der Waals surface area contributed by atoms with Gasteiger partial charge in [0, 0.05) is 19.3 Å². The summed E-state index contributed by atoms with van der Waals surface area (Å²) in [6, 6.07) is 5.71. The maximum absolute atomic E-state index is 12.9. The van der Waals surface area contributed by atoms with Crippen molar-refractivity contribution in [2.75, 3.05) is 25.5 Å². The molecule has 0 spiro atoms. The normalized spacial score (nSPS) is 10.2. The molecule has 1 rings (SSSR count). The molecule has 0 aromatic heterocycles. The number of hydrogen-bond acceptors (Lipinski definition) is 2. The minimum absolute atomic E-state index is 0. The lowest BCUT2D eigenvalue weighted by Crippen LogP contribution is -2.41. The Hall–Kier alpha value is -1.64. The molecule has 0 aliphatic heterocycles. The predicted molar refractivity (Wildman–Crippen MR) is 90.0 cm³/mol. The predicted octanol–water partition coefficient (Wildman–Crippen LogP) is 1.73. The SMILES string of the molecule is C=CCNC(=NC)NCC(=O)Nc1cccc(F)c1.I. The topological polar surface area (TPSA) is 65.5 Å². The lowest BCUT2D eigenvalue weighted by molar-refractivity contribution is -0.115. The fraction of sp³-hybridized carbons (Fsp3) is 0.231. The van der Waals surface area contributed by atoms with Crippen LogP contribution >= 0.6 is 24.0 Å². The first-order valence-electron chi connectivity index (χ1n) is 5.76. The van der Waals surface area contributed by atoms with Gasteiger partial charge in [0.2, 0.25) is 5.91 Å². The number of carbonyl (C=O) groups excluding carboxylic acids is 1. The highest BCUT2D eigenvalue weighted by molar-refractivity contribution is 14.0. The molecule has 0 unspecified atom stereocenters. The number of carbonyl (C=O) groups is 1. The van der Waals surface area contributed by atoms with E-state index < -0.39 is 5.82 Å². The molecule has 5 nitrogen and oxygen atoms in total. The van der Waals surface area contributed by atoms with Crippen LogP contribution < -0.4 is 16.0 Å². The summed E-state index contributed by atoms with van der Waals surface area (Å²) < 4.78 is 12.9. The van der Waals surface area contributed by atoms with Crippen LogP contribution in [0.4, 0.5) is 10.1 Å². The number of nitrogens with one attached hydrogen (secondary N) is 3. The molecule has 7 heteroatoms. The first-order valence-corrected chi connectivity index (χ1v) is 5.76. The third-order valence-corrected chi connectivity index (χ3v) is 2.16. The van der Waals surface area contributed by atoms with E-state index in [0.29, 0.717) is 18.2 Å². The zero-order chi connectivity index (χ0) is 14.1. The molecular formula is C13H18FIN4O. The van der Waals surface area contributed by atoms with Gasteiger partial charge in [0.1, 0.15) is 5.82 Å². The van der Waals surface area contributed by atoms with Crippen molar-refractivity contribution in [3.05, 3.63) is 42.7 Å². The highest BCUT2D eigenvalue weighted by Crippen LogP contribution is 2.08. The third kappa shape index (κ3) is 7.07. The fourth-order valence-corrected chi connectivity index (χ4v) is 1.32. The summed E-state index contributed by atoms with van der Waals surface area (Å²) in [6.07, 6.45) is 1.68. The molecule has 0 fully saturated rings. The van der Waals surface area contributed by atoms with E-state index in [4.69, 9.17) is 0 Å². The van der Waals surface area contributed by atoms with Crippen LogP contribution in [0, 0.1) is 5.82 Å². The first kappa shape index (κ1) is 18.4. The quantitative estimate of drug-likeness (QED) is 0.310. The van der Waals surface area contributed by atoms with Crippen LogP contribution in [0.1, 0.15) is 0 Å². The Balaban J connectivity index is 0.00000361. The highest BCUT2D eigenvalue weighted by Gasteiger charge is 2.04. The average molecular weight is 392 g/mol. The van der Waals surface area contributed by atoms with Crippen molar-refractivity contribution < 1.29 is 9.18 Å². The number of benzene rings is 1. The molecule has 110 valence electrons. The van der Waals surface area contributed by atoms with Gasteiger partial charge in [-0.15, -0.1) is 30.6 Å². The number of nitrogens with zero attached hydrogens (tertiary/aromatic N) is 1. The second-order valence-electron chi connectivity index (χ2n) is 3.65. The maximum atomic E-state index is 12.9. The second-order valence-corrected chi connectivity index (χ2v) is 3.65. The Labute approximate surface area is 134 Å². The number of anilines is 1. The molecule has 3 N–H and O–H groups in total. The minimum atomic E-state index is -0.394. The van der Waals surface area contributed by atoms with Crippen molar-refractivity contribution in [3.63, 3.8) is 0 Å². The van der Waals surface area contributed by atoms with Gasteiger partial charge in [0.25, 0.3) is 0 Å². The number of halogens is 2. The van der Waals surface area contributed by atoms with Crippen molar-refractivity contribution in [2.24, 2.45) is 4.99 Å². The van der Waals surface area contributed by atoms with E-state index in [0.717, 1.165) is 0 Å². The van der Waals surface area contributed by atoms with Gasteiger partial charge >= 0.3 is 0 Å². The summed E-state index contributed by atoms with van der Waals surface area (Å²) in [5.41, 5.74) is 0.417. The zero-order valence-corrected chi connectivity index (χ0v) is 13.5. The first-order chi connectivity index (χ1) is 9.15. The van der Waals surface area contributed by atoms with Gasteiger partial charge in [-0.3, -0.25) is 9.79 Å². The van der Waals surface area contributed by atoms with Crippen molar-refractivity contribution in [3.8, 4) is 0 Å². The number of hydrogen-bond donors (Lipinski definition) is 3. The molecule has 0 bridgehead atoms. The van der Waals surface area contributed by atoms with E-state index in [1.54, 1.807) is 19.2 Å². The largest absolute Gasteiger partial charge is 0.353 e. The molecule has 0 aliphatic carbocycles. The highest BCUT2D eigenvalue weighted by atomic mass is 127. The lowest BCUT2D eigenvalue weighted by Gasteiger charge is -2.10. The third-order valence-electron chi connectivity index (χ3n) is 2.16. The molecule has 0 atom stereocenters. The standard InChI is InChI=1S/C13H17FN4O.HI/c1-3-7-16-13(15-2)17-9-12(19)18-11-6-4-5-10(14)8-11;/h3-6,8H,1,7,9H2,2H3,(H,18,19)(H2,15,16,17);1H. The zero-order valence-electron chi connectivity index (χ0n) is 11.1. The van der Waals surface area contributed by atoms with E-state index in [2.05, 4.69) is 27.5 Å². The Bertz CT molecular complexity index is 479. The van der Waals surface area contributed by atoms with Gasteiger partial charge < -0.3 is 16.0 Å². The molecular weight excluding hydrogens is 374 g/mol. The van der Waals surface area contributed by atoms with E-state index in [9.17, 15) is 9.18 Å². The number of aliphatic imine (C=N–C) groups is 1. The Kier molecular flexibility index (Phi) is 9.35. The summed E-state index contributed by atoms with van der Waals surface area (Å²) in [4.78, 5) is 15.5. The lowest BCUT2D eigenvalue weighted by atomic mass is 10.3. The van der Waals surface area contributed by atoms with Gasteiger partial charge in [-0.25, -0.2) is 4.39 Å². The number of amides is 1. The number of guanidine groups is 1. The van der Waals surface area contributed by atoms with Gasteiger partial charge in [0.15, 0.2) is 5.96 Å². The van der Waals surface area contributed by atoms with E-state index in [1.807, 2.05) is 0 Å². The van der Waals surface area contributed by atoms with Crippen molar-refractivity contribution in [1.82, 2.24) is 10.6 Å². The van der Waals surface area contributed by atoms with Gasteiger partial charge in [-0.2, -0.15) is 0 Å². The van der Waals surface area contributed by atoms with Crippen LogP contribution in [-0.2, 0) is 4.79 Å².